The van der Waals surface area contributed by atoms with Gasteiger partial charge in [0.2, 0.25) is 17.8 Å². The lowest BCUT2D eigenvalue weighted by Gasteiger charge is -2.11. The Morgan fingerprint density at radius 2 is 1.07 bits per heavy atom. The van der Waals surface area contributed by atoms with Crippen molar-refractivity contribution in [3.8, 4) is 0 Å². The van der Waals surface area contributed by atoms with Crippen molar-refractivity contribution < 1.29 is 4.39 Å². The van der Waals surface area contributed by atoms with E-state index < -0.39 is 0 Å². The van der Waals surface area contributed by atoms with E-state index in [1.165, 1.54) is 12.1 Å². The normalized spacial score (nSPS) is 10.0. The first-order valence-electron chi connectivity index (χ1n) is 9.13. The van der Waals surface area contributed by atoms with Crippen molar-refractivity contribution in [3.05, 3.63) is 96.3 Å². The number of hydrogen-bond donors (Lipinski definition) is 3. The lowest BCUT2D eigenvalue weighted by molar-refractivity contribution is 0.627. The van der Waals surface area contributed by atoms with Gasteiger partial charge in [-0.05, 0) is 42.0 Å². The van der Waals surface area contributed by atoms with Crippen LogP contribution in [0.15, 0.2) is 84.9 Å². The summed E-state index contributed by atoms with van der Waals surface area (Å²) in [6, 6.07) is 25.6. The summed E-state index contributed by atoms with van der Waals surface area (Å²) in [6.45, 7) is 0.458. The Hall–Kier alpha value is -3.71. The second kappa shape index (κ2) is 10.2. The molecule has 1 heterocycles. The number of aromatic nitrogens is 3. The number of nitrogens with one attached hydrogen (secondary N) is 3. The van der Waals surface area contributed by atoms with E-state index in [9.17, 15) is 4.39 Å². The van der Waals surface area contributed by atoms with Crippen LogP contribution in [-0.4, -0.2) is 15.0 Å². The van der Waals surface area contributed by atoms with Gasteiger partial charge in [0, 0.05) is 17.9 Å². The molecular formula is C22H20ClFN6. The molecular weight excluding hydrogens is 403 g/mol. The van der Waals surface area contributed by atoms with E-state index in [2.05, 4.69) is 30.9 Å². The molecule has 8 heteroatoms. The molecule has 0 aliphatic carbocycles. The molecule has 6 nitrogen and oxygen atoms in total. The van der Waals surface area contributed by atoms with Crippen LogP contribution < -0.4 is 16.0 Å². The van der Waals surface area contributed by atoms with Crippen molar-refractivity contribution in [2.45, 2.75) is 6.54 Å². The highest BCUT2D eigenvalue weighted by molar-refractivity contribution is 5.85. The highest BCUT2D eigenvalue weighted by Crippen LogP contribution is 2.18. The molecule has 0 saturated heterocycles. The summed E-state index contributed by atoms with van der Waals surface area (Å²) in [7, 11) is 0. The topological polar surface area (TPSA) is 74.8 Å². The van der Waals surface area contributed by atoms with Gasteiger partial charge in [0.15, 0.2) is 0 Å². The van der Waals surface area contributed by atoms with E-state index >= 15 is 0 Å². The maximum absolute atomic E-state index is 13.1. The third kappa shape index (κ3) is 5.89. The van der Waals surface area contributed by atoms with Crippen molar-refractivity contribution in [3.63, 3.8) is 0 Å². The number of hydrogen-bond acceptors (Lipinski definition) is 6. The smallest absolute Gasteiger partial charge is 0.233 e. The van der Waals surface area contributed by atoms with Crippen LogP contribution in [0.5, 0.6) is 0 Å². The molecule has 0 aliphatic rings. The monoisotopic (exact) mass is 422 g/mol. The Kier molecular flexibility index (Phi) is 7.13. The van der Waals surface area contributed by atoms with E-state index in [0.717, 1.165) is 16.9 Å². The Balaban J connectivity index is 0.00000256. The van der Waals surface area contributed by atoms with Crippen LogP contribution >= 0.6 is 12.4 Å². The average molecular weight is 423 g/mol. The number of benzene rings is 3. The zero-order chi connectivity index (χ0) is 19.9. The molecule has 0 bridgehead atoms. The fourth-order valence-electron chi connectivity index (χ4n) is 2.65. The maximum Gasteiger partial charge on any atom is 0.233 e. The fourth-order valence-corrected chi connectivity index (χ4v) is 2.65. The molecule has 0 atom stereocenters. The third-order valence-electron chi connectivity index (χ3n) is 4.06. The SMILES string of the molecule is Cl.Fc1ccc(CNc2nc(Nc3ccccc3)nc(Nc3ccccc3)n2)cc1. The standard InChI is InChI=1S/C22H19FN6.ClH/c23-17-13-11-16(12-14-17)15-24-20-27-21(25-18-7-3-1-4-8-18)29-22(28-20)26-19-9-5-2-6-10-19;/h1-14H,15H2,(H3,24,25,26,27,28,29);1H. The van der Waals surface area contributed by atoms with Crippen molar-refractivity contribution in [1.82, 2.24) is 15.0 Å². The van der Waals surface area contributed by atoms with E-state index in [0.29, 0.717) is 24.4 Å². The molecule has 0 aliphatic heterocycles. The molecule has 152 valence electrons. The Bertz CT molecular complexity index is 1000. The van der Waals surface area contributed by atoms with E-state index in [1.807, 2.05) is 60.7 Å². The van der Waals surface area contributed by atoms with Gasteiger partial charge in [-0.1, -0.05) is 48.5 Å². The fraction of sp³-hybridized carbons (Fsp3) is 0.0455. The third-order valence-corrected chi connectivity index (χ3v) is 4.06. The summed E-state index contributed by atoms with van der Waals surface area (Å²) in [5.74, 6) is 0.955. The molecule has 0 unspecified atom stereocenters. The number of halogens is 2. The van der Waals surface area contributed by atoms with Gasteiger partial charge in [-0.3, -0.25) is 0 Å². The van der Waals surface area contributed by atoms with Gasteiger partial charge >= 0.3 is 0 Å². The van der Waals surface area contributed by atoms with Crippen LogP contribution in [0.1, 0.15) is 5.56 Å². The van der Waals surface area contributed by atoms with Crippen molar-refractivity contribution in [1.29, 1.82) is 0 Å². The summed E-state index contributed by atoms with van der Waals surface area (Å²) in [5.41, 5.74) is 2.66. The second-order valence-electron chi connectivity index (χ2n) is 6.27. The quantitative estimate of drug-likeness (QED) is 0.363. The van der Waals surface area contributed by atoms with Gasteiger partial charge in [0.1, 0.15) is 5.82 Å². The van der Waals surface area contributed by atoms with Gasteiger partial charge in [0.05, 0.1) is 0 Å². The van der Waals surface area contributed by atoms with Gasteiger partial charge in [0.25, 0.3) is 0 Å². The van der Waals surface area contributed by atoms with Gasteiger partial charge in [-0.15, -0.1) is 12.4 Å². The molecule has 1 aromatic heterocycles. The summed E-state index contributed by atoms with van der Waals surface area (Å²) in [5, 5.41) is 9.54. The summed E-state index contributed by atoms with van der Waals surface area (Å²) in [6.07, 6.45) is 0. The van der Waals surface area contributed by atoms with E-state index in [1.54, 1.807) is 12.1 Å². The molecule has 0 fully saturated rings. The summed E-state index contributed by atoms with van der Waals surface area (Å²) >= 11 is 0. The number of para-hydroxylation sites is 2. The average Bonchev–Trinajstić information content (AvgIpc) is 2.75. The van der Waals surface area contributed by atoms with Crippen molar-refractivity contribution >= 4 is 41.6 Å². The van der Waals surface area contributed by atoms with Crippen LogP contribution in [0.2, 0.25) is 0 Å². The lowest BCUT2D eigenvalue weighted by atomic mass is 10.2. The zero-order valence-corrected chi connectivity index (χ0v) is 16.7. The first kappa shape index (κ1) is 21.0. The summed E-state index contributed by atoms with van der Waals surface area (Å²) < 4.78 is 13.1. The first-order valence-corrected chi connectivity index (χ1v) is 9.13. The minimum atomic E-state index is -0.266. The molecule has 3 N–H and O–H groups in total. The van der Waals surface area contributed by atoms with Crippen LogP contribution in [0.25, 0.3) is 0 Å². The molecule has 0 amide bonds. The molecule has 30 heavy (non-hydrogen) atoms. The lowest BCUT2D eigenvalue weighted by Crippen LogP contribution is -2.09. The van der Waals surface area contributed by atoms with Gasteiger partial charge in [-0.25, -0.2) is 4.39 Å². The molecule has 4 aromatic rings. The Labute approximate surface area is 180 Å². The highest BCUT2D eigenvalue weighted by atomic mass is 35.5. The molecule has 3 aromatic carbocycles. The number of nitrogens with zero attached hydrogens (tertiary/aromatic N) is 3. The minimum Gasteiger partial charge on any atom is -0.350 e. The Morgan fingerprint density at radius 3 is 1.57 bits per heavy atom. The second-order valence-corrected chi connectivity index (χ2v) is 6.27. The van der Waals surface area contributed by atoms with Crippen LogP contribution in [0, 0.1) is 5.82 Å². The van der Waals surface area contributed by atoms with Crippen molar-refractivity contribution in [2.24, 2.45) is 0 Å². The van der Waals surface area contributed by atoms with Crippen LogP contribution in [0.3, 0.4) is 0 Å². The van der Waals surface area contributed by atoms with E-state index in [4.69, 9.17) is 0 Å². The molecule has 0 radical (unpaired) electrons. The number of anilines is 5. The molecule has 0 spiro atoms. The largest absolute Gasteiger partial charge is 0.350 e. The number of rotatable bonds is 7. The molecule has 0 saturated carbocycles. The summed E-state index contributed by atoms with van der Waals surface area (Å²) in [4.78, 5) is 13.3. The van der Waals surface area contributed by atoms with Crippen molar-refractivity contribution in [2.75, 3.05) is 16.0 Å². The molecule has 4 rings (SSSR count). The minimum absolute atomic E-state index is 0. The highest BCUT2D eigenvalue weighted by Gasteiger charge is 2.08. The maximum atomic E-state index is 13.1. The van der Waals surface area contributed by atoms with E-state index in [-0.39, 0.29) is 18.2 Å². The predicted molar refractivity (Wildman–Crippen MR) is 120 cm³/mol. The predicted octanol–water partition coefficient (Wildman–Crippen LogP) is 5.53. The zero-order valence-electron chi connectivity index (χ0n) is 15.9. The Morgan fingerprint density at radius 1 is 0.600 bits per heavy atom. The van der Waals surface area contributed by atoms with Gasteiger partial charge < -0.3 is 16.0 Å². The van der Waals surface area contributed by atoms with Crippen LogP contribution in [-0.2, 0) is 6.54 Å². The van der Waals surface area contributed by atoms with Crippen LogP contribution in [0.4, 0.5) is 33.6 Å². The first-order chi connectivity index (χ1) is 14.2. The van der Waals surface area contributed by atoms with Gasteiger partial charge in [-0.2, -0.15) is 15.0 Å².